The van der Waals surface area contributed by atoms with Crippen molar-refractivity contribution in [3.05, 3.63) is 118 Å². The molecule has 312 valence electrons. The van der Waals surface area contributed by atoms with Gasteiger partial charge in [0.1, 0.15) is 47.4 Å². The van der Waals surface area contributed by atoms with Gasteiger partial charge in [0.25, 0.3) is 5.91 Å². The van der Waals surface area contributed by atoms with Gasteiger partial charge in [-0.3, -0.25) is 14.2 Å². The third-order valence-corrected chi connectivity index (χ3v) is 9.84. The number of fused-ring (bicyclic) bond motifs is 5. The Hall–Kier alpha value is -7.90. The molecule has 0 unspecified atom stereocenters. The summed E-state index contributed by atoms with van der Waals surface area (Å²) in [5.41, 5.74) is 16.9. The summed E-state index contributed by atoms with van der Waals surface area (Å²) in [6, 6.07) is 14.9. The number of halogens is 2. The lowest BCUT2D eigenvalue weighted by Crippen LogP contribution is -2.28. The van der Waals surface area contributed by atoms with E-state index in [1.165, 1.54) is 50.9 Å². The van der Waals surface area contributed by atoms with Gasteiger partial charge in [-0.2, -0.15) is 20.7 Å². The Bertz CT molecular complexity index is 2770. The van der Waals surface area contributed by atoms with Crippen LogP contribution in [0.15, 0.2) is 60.9 Å². The van der Waals surface area contributed by atoms with E-state index in [0.29, 0.717) is 62.7 Å². The maximum absolute atomic E-state index is 14.0. The van der Waals surface area contributed by atoms with Crippen LogP contribution in [0.25, 0.3) is 22.3 Å². The lowest BCUT2D eigenvalue weighted by Gasteiger charge is -2.23. The molecule has 19 heteroatoms. The zero-order valence-corrected chi connectivity index (χ0v) is 33.9. The Morgan fingerprint density at radius 2 is 1.59 bits per heavy atom. The second-order valence-corrected chi connectivity index (χ2v) is 14.0. The summed E-state index contributed by atoms with van der Waals surface area (Å²) in [5, 5.41) is 40.4. The second kappa shape index (κ2) is 17.5. The first kappa shape index (κ1) is 42.7. The van der Waals surface area contributed by atoms with Crippen LogP contribution in [0.1, 0.15) is 80.7 Å². The molecule has 0 saturated carbocycles. The Morgan fingerprint density at radius 3 is 2.26 bits per heavy atom. The van der Waals surface area contributed by atoms with E-state index >= 15 is 0 Å². The number of carboxylic acids is 1. The summed E-state index contributed by atoms with van der Waals surface area (Å²) in [5.74, 6) is -1.90. The number of hydrogen-bond acceptors (Lipinski definition) is 13. The van der Waals surface area contributed by atoms with Crippen LogP contribution in [-0.2, 0) is 27.2 Å². The molecule has 0 fully saturated rings. The van der Waals surface area contributed by atoms with Crippen LogP contribution >= 0.6 is 0 Å². The Balaban J connectivity index is 0.000000204. The molecule has 0 saturated heterocycles. The van der Waals surface area contributed by atoms with Gasteiger partial charge >= 0.3 is 5.97 Å². The first-order valence-electron chi connectivity index (χ1n) is 18.6. The van der Waals surface area contributed by atoms with Crippen molar-refractivity contribution in [3.8, 4) is 45.9 Å². The van der Waals surface area contributed by atoms with E-state index in [4.69, 9.17) is 20.9 Å². The van der Waals surface area contributed by atoms with E-state index in [9.17, 15) is 34.0 Å². The molecule has 6 N–H and O–H groups in total. The number of rotatable bonds is 7. The molecule has 2 bridgehead atoms. The van der Waals surface area contributed by atoms with Gasteiger partial charge in [0.15, 0.2) is 23.1 Å². The fraction of sp³-hybridized carbons (Fsp3) is 0.238. The number of aromatic nitrogens is 6. The molecule has 17 nitrogen and oxygen atoms in total. The Labute approximate surface area is 348 Å². The number of aromatic carboxylic acids is 1. The number of hydrogen-bond donors (Lipinski definition) is 4. The molecule has 0 spiro atoms. The zero-order valence-electron chi connectivity index (χ0n) is 33.9. The molecule has 6 aromatic rings. The lowest BCUT2D eigenvalue weighted by atomic mass is 10.00. The van der Waals surface area contributed by atoms with E-state index < -0.39 is 29.8 Å². The molecule has 5 heterocycles. The van der Waals surface area contributed by atoms with Crippen molar-refractivity contribution < 1.29 is 33.0 Å². The summed E-state index contributed by atoms with van der Waals surface area (Å²) in [6.45, 7) is 3.87. The molecule has 1 aliphatic heterocycles. The lowest BCUT2D eigenvalue weighted by molar-refractivity contribution is 0.0690. The second-order valence-electron chi connectivity index (χ2n) is 14.0. The zero-order chi connectivity index (χ0) is 44.3. The number of pyridine rings is 2. The molecule has 4 aromatic heterocycles. The van der Waals surface area contributed by atoms with Crippen molar-refractivity contribution >= 4 is 23.5 Å². The van der Waals surface area contributed by atoms with Crippen molar-refractivity contribution in [2.24, 2.45) is 14.1 Å². The van der Waals surface area contributed by atoms with E-state index in [2.05, 4.69) is 37.6 Å². The summed E-state index contributed by atoms with van der Waals surface area (Å²) in [4.78, 5) is 34.5. The van der Waals surface area contributed by atoms with Gasteiger partial charge in [0.05, 0.1) is 23.5 Å². The van der Waals surface area contributed by atoms with Crippen molar-refractivity contribution in [3.63, 3.8) is 0 Å². The highest BCUT2D eigenvalue weighted by atomic mass is 19.1. The fourth-order valence-electron chi connectivity index (χ4n) is 6.94. The van der Waals surface area contributed by atoms with E-state index in [1.54, 1.807) is 54.2 Å². The number of amides is 1. The van der Waals surface area contributed by atoms with Gasteiger partial charge in [-0.15, -0.1) is 0 Å². The molecular formula is C42H40F2N12O5. The normalized spacial score (nSPS) is 13.8. The molecule has 1 aliphatic rings. The number of aryl methyl sites for hydroxylation is 2. The summed E-state index contributed by atoms with van der Waals surface area (Å²) in [7, 11) is 6.72. The van der Waals surface area contributed by atoms with Gasteiger partial charge in [-0.1, -0.05) is 0 Å². The minimum absolute atomic E-state index is 0.0708. The van der Waals surface area contributed by atoms with Gasteiger partial charge in [0, 0.05) is 79.0 Å². The van der Waals surface area contributed by atoms with Gasteiger partial charge in [0.2, 0.25) is 0 Å². The largest absolute Gasteiger partial charge is 0.482 e. The fourth-order valence-corrected chi connectivity index (χ4v) is 6.94. The number of benzene rings is 2. The van der Waals surface area contributed by atoms with Crippen LogP contribution in [0.4, 0.5) is 20.4 Å². The first-order valence-corrected chi connectivity index (χ1v) is 18.6. The van der Waals surface area contributed by atoms with Gasteiger partial charge in [-0.05, 0) is 69.4 Å². The first-order chi connectivity index (χ1) is 29.1. The maximum atomic E-state index is 14.0. The number of ether oxygens (including phenoxy) is 2. The van der Waals surface area contributed by atoms with Crippen LogP contribution in [0.5, 0.6) is 11.5 Å². The number of nitrogen functional groups attached to an aromatic ring is 2. The van der Waals surface area contributed by atoms with Crippen molar-refractivity contribution in [1.82, 2.24) is 39.7 Å². The quantitative estimate of drug-likeness (QED) is 0.157. The highest BCUT2D eigenvalue weighted by Crippen LogP contribution is 2.37. The van der Waals surface area contributed by atoms with Crippen molar-refractivity contribution in [1.29, 1.82) is 10.5 Å². The predicted molar refractivity (Wildman–Crippen MR) is 218 cm³/mol. The molecule has 1 amide bonds. The van der Waals surface area contributed by atoms with Gasteiger partial charge in [-0.25, -0.2) is 23.5 Å². The van der Waals surface area contributed by atoms with Gasteiger partial charge < -0.3 is 36.3 Å². The van der Waals surface area contributed by atoms with Crippen LogP contribution < -0.4 is 26.3 Å². The Morgan fingerprint density at radius 1 is 0.967 bits per heavy atom. The summed E-state index contributed by atoms with van der Waals surface area (Å²) >= 11 is 0. The number of nitriles is 2. The molecular weight excluding hydrogens is 791 g/mol. The predicted octanol–water partition coefficient (Wildman–Crippen LogP) is 5.43. The average molecular weight is 831 g/mol. The number of nitrogens with two attached hydrogens (primary N) is 2. The average Bonchev–Trinajstić information content (AvgIpc) is 3.72. The number of nitrogens with zero attached hydrogens (tertiary/aromatic N) is 9. The minimum atomic E-state index is -1.20. The number of carbonyl (C=O) groups excluding carboxylic acids is 1. The molecule has 2 aromatic carbocycles. The highest BCUT2D eigenvalue weighted by molar-refractivity contribution is 5.96. The van der Waals surface area contributed by atoms with E-state index in [0.717, 1.165) is 12.1 Å². The SMILES string of the molecule is CNCc1nn(C)c(C#N)c1-c1cnc(N)c(O[C@H](C)c2cc(F)ccc2C(=O)O)c1.C[C@H]1Oc2cc(cnc2N)-c2c(nn(C)c2C#N)CN(C)C(=O)c2ccc(F)cc21. The van der Waals surface area contributed by atoms with Crippen LogP contribution in [0.2, 0.25) is 0 Å². The van der Waals surface area contributed by atoms with Crippen molar-refractivity contribution in [2.45, 2.75) is 39.1 Å². The number of nitrogens with one attached hydrogen (secondary N) is 1. The molecule has 61 heavy (non-hydrogen) atoms. The van der Waals surface area contributed by atoms with Crippen LogP contribution in [0, 0.1) is 34.3 Å². The summed E-state index contributed by atoms with van der Waals surface area (Å²) < 4.78 is 42.5. The van der Waals surface area contributed by atoms with Crippen LogP contribution in [0.3, 0.4) is 0 Å². The van der Waals surface area contributed by atoms with E-state index in [1.807, 2.05) is 0 Å². The summed E-state index contributed by atoms with van der Waals surface area (Å²) in [6.07, 6.45) is 1.54. The number of anilines is 2. The third kappa shape index (κ3) is 8.63. The highest BCUT2D eigenvalue weighted by Gasteiger charge is 2.27. The Kier molecular flexibility index (Phi) is 12.3. The standard InChI is InChI=1S/C21H21FN6O3.C21H19FN6O2/c1-11(15-7-13(22)4-5-14(15)21(29)30)31-18-6-12(9-26-20(18)24)19-16(10-25-2)27-28(3)17(19)8-23;1-11-15-7-13(22)4-5-14(15)21(29)27(2)10-16-19(17(8-23)28(3)26-16)12-6-18(30-11)20(24)25-9-12/h4-7,9,11,25H,10H2,1-3H3,(H2,24,26)(H,29,30);4-7,9,11H,10H2,1-3H3,(H2,24,25)/t2*11-/m11/s1. The number of carbonyl (C=O) groups is 2. The monoisotopic (exact) mass is 830 g/mol. The van der Waals surface area contributed by atoms with Crippen molar-refractivity contribution in [2.75, 3.05) is 25.6 Å². The molecule has 7 rings (SSSR count). The molecule has 0 aliphatic carbocycles. The molecule has 0 radical (unpaired) electrons. The third-order valence-electron chi connectivity index (χ3n) is 9.84. The minimum Gasteiger partial charge on any atom is -0.482 e. The molecule has 2 atom stereocenters. The van der Waals surface area contributed by atoms with E-state index in [-0.39, 0.29) is 46.7 Å². The topological polar surface area (TPSA) is 249 Å². The number of carboxylic acid groups (broad SMARTS) is 1. The maximum Gasteiger partial charge on any atom is 0.336 e. The van der Waals surface area contributed by atoms with Crippen LogP contribution in [-0.4, -0.2) is 65.5 Å². The smallest absolute Gasteiger partial charge is 0.336 e.